The van der Waals surface area contributed by atoms with Crippen molar-refractivity contribution in [1.82, 2.24) is 0 Å². The molecule has 0 saturated heterocycles. The van der Waals surface area contributed by atoms with Gasteiger partial charge in [-0.2, -0.15) is 0 Å². The van der Waals surface area contributed by atoms with Crippen molar-refractivity contribution in [2.75, 3.05) is 12.4 Å². The van der Waals surface area contributed by atoms with Crippen LogP contribution in [0.3, 0.4) is 0 Å². The fourth-order valence-electron chi connectivity index (χ4n) is 1.68. The number of carbonyl (C=O) groups excluding carboxylic acids is 1. The van der Waals surface area contributed by atoms with Crippen LogP contribution in [-0.2, 0) is 13.8 Å². The highest BCUT2D eigenvalue weighted by Crippen LogP contribution is 2.29. The largest absolute Gasteiger partial charge is 0.495 e. The van der Waals surface area contributed by atoms with Crippen molar-refractivity contribution in [2.45, 2.75) is 37.5 Å². The Bertz CT molecular complexity index is 572. The Labute approximate surface area is 123 Å². The molecule has 20 heavy (non-hydrogen) atoms. The molecule has 1 amide bonds. The van der Waals surface area contributed by atoms with E-state index >= 15 is 0 Å². The van der Waals surface area contributed by atoms with Gasteiger partial charge in [0.2, 0.25) is 5.91 Å². The number of halogens is 1. The third-order valence-electron chi connectivity index (χ3n) is 2.73. The molecule has 0 fully saturated rings. The van der Waals surface area contributed by atoms with Gasteiger partial charge in [-0.05, 0) is 24.6 Å². The molecule has 0 unspecified atom stereocenters. The lowest BCUT2D eigenvalue weighted by Crippen LogP contribution is -2.12. The first-order chi connectivity index (χ1) is 9.38. The van der Waals surface area contributed by atoms with E-state index in [2.05, 4.69) is 12.2 Å². The van der Waals surface area contributed by atoms with Crippen molar-refractivity contribution in [3.63, 3.8) is 0 Å². The van der Waals surface area contributed by atoms with Crippen LogP contribution in [0.25, 0.3) is 0 Å². The minimum Gasteiger partial charge on any atom is -0.495 e. The Balaban J connectivity index is 2.89. The Morgan fingerprint density at radius 1 is 1.35 bits per heavy atom. The number of ether oxygens (including phenoxy) is 1. The summed E-state index contributed by atoms with van der Waals surface area (Å²) in [6.45, 7) is 2.05. The van der Waals surface area contributed by atoms with Crippen molar-refractivity contribution in [2.24, 2.45) is 0 Å². The summed E-state index contributed by atoms with van der Waals surface area (Å²) in [4.78, 5) is 11.7. The Hall–Kier alpha value is -1.27. The van der Waals surface area contributed by atoms with Crippen LogP contribution < -0.4 is 10.1 Å². The summed E-state index contributed by atoms with van der Waals surface area (Å²) in [5.74, 6) is 0.207. The Morgan fingerprint density at radius 2 is 2.05 bits per heavy atom. The second-order valence-electron chi connectivity index (χ2n) is 4.31. The van der Waals surface area contributed by atoms with Crippen LogP contribution in [0.15, 0.2) is 23.1 Å². The van der Waals surface area contributed by atoms with Crippen LogP contribution in [0.4, 0.5) is 5.69 Å². The Kier molecular flexibility index (Phi) is 6.29. The molecule has 1 rings (SSSR count). The number of rotatable bonds is 7. The van der Waals surface area contributed by atoms with E-state index in [4.69, 9.17) is 15.4 Å². The smallest absolute Gasteiger partial charge is 0.261 e. The molecule has 0 aromatic heterocycles. The van der Waals surface area contributed by atoms with Gasteiger partial charge in [0.15, 0.2) is 0 Å². The molecule has 0 bridgehead atoms. The maximum absolute atomic E-state index is 11.8. The molecule has 0 aliphatic heterocycles. The van der Waals surface area contributed by atoms with Gasteiger partial charge in [0.05, 0.1) is 17.7 Å². The molecule has 1 aromatic rings. The molecule has 1 aromatic carbocycles. The minimum absolute atomic E-state index is 0.0798. The highest BCUT2D eigenvalue weighted by molar-refractivity contribution is 8.13. The monoisotopic (exact) mass is 319 g/mol. The fraction of sp³-hybridized carbons (Fsp3) is 0.462. The lowest BCUT2D eigenvalue weighted by Gasteiger charge is -2.11. The lowest BCUT2D eigenvalue weighted by atomic mass is 10.2. The van der Waals surface area contributed by atoms with Gasteiger partial charge in [-0.15, -0.1) is 0 Å². The summed E-state index contributed by atoms with van der Waals surface area (Å²) in [5, 5.41) is 2.65. The van der Waals surface area contributed by atoms with Gasteiger partial charge >= 0.3 is 0 Å². The maximum atomic E-state index is 11.8. The van der Waals surface area contributed by atoms with Crippen LogP contribution in [0.1, 0.15) is 32.6 Å². The molecule has 112 valence electrons. The van der Waals surface area contributed by atoms with Crippen molar-refractivity contribution < 1.29 is 17.9 Å². The van der Waals surface area contributed by atoms with Crippen LogP contribution in [0, 0.1) is 0 Å². The highest BCUT2D eigenvalue weighted by atomic mass is 35.7. The number of amides is 1. The first-order valence-corrected chi connectivity index (χ1v) is 8.62. The van der Waals surface area contributed by atoms with Gasteiger partial charge in [-0.3, -0.25) is 4.79 Å². The van der Waals surface area contributed by atoms with E-state index in [0.29, 0.717) is 17.9 Å². The minimum atomic E-state index is -3.84. The lowest BCUT2D eigenvalue weighted by molar-refractivity contribution is -0.116. The SMILES string of the molecule is CCCCCC(=O)Nc1cc(S(=O)(=O)Cl)ccc1OC. The average Bonchev–Trinajstić information content (AvgIpc) is 2.38. The van der Waals surface area contributed by atoms with Crippen LogP contribution in [0.5, 0.6) is 5.75 Å². The van der Waals surface area contributed by atoms with Crippen LogP contribution in [-0.4, -0.2) is 21.4 Å². The first-order valence-electron chi connectivity index (χ1n) is 6.31. The fourth-order valence-corrected chi connectivity index (χ4v) is 2.46. The van der Waals surface area contributed by atoms with Gasteiger partial charge in [-0.1, -0.05) is 19.8 Å². The molecular weight excluding hydrogens is 302 g/mol. The zero-order valence-electron chi connectivity index (χ0n) is 11.5. The molecule has 0 saturated carbocycles. The zero-order chi connectivity index (χ0) is 15.2. The van der Waals surface area contributed by atoms with E-state index < -0.39 is 9.05 Å². The van der Waals surface area contributed by atoms with Crippen LogP contribution in [0.2, 0.25) is 0 Å². The number of hydrogen-bond acceptors (Lipinski definition) is 4. The van der Waals surface area contributed by atoms with E-state index in [0.717, 1.165) is 19.3 Å². The maximum Gasteiger partial charge on any atom is 0.261 e. The first kappa shape index (κ1) is 16.8. The third-order valence-corrected chi connectivity index (χ3v) is 4.09. The van der Waals surface area contributed by atoms with E-state index in [1.165, 1.54) is 25.3 Å². The molecule has 0 aliphatic rings. The standard InChI is InChI=1S/C13H18ClNO4S/c1-3-4-5-6-13(16)15-11-9-10(20(14,17)18)7-8-12(11)19-2/h7-9H,3-6H2,1-2H3,(H,15,16). The average molecular weight is 320 g/mol. The molecular formula is C13H18ClNO4S. The number of unbranched alkanes of at least 4 members (excludes halogenated alkanes) is 2. The molecule has 1 N–H and O–H groups in total. The molecule has 0 atom stereocenters. The van der Waals surface area contributed by atoms with E-state index in [1.807, 2.05) is 0 Å². The summed E-state index contributed by atoms with van der Waals surface area (Å²) >= 11 is 0. The second-order valence-corrected chi connectivity index (χ2v) is 6.87. The number of benzene rings is 1. The summed E-state index contributed by atoms with van der Waals surface area (Å²) < 4.78 is 27.7. The quantitative estimate of drug-likeness (QED) is 0.619. The van der Waals surface area contributed by atoms with Crippen molar-refractivity contribution in [1.29, 1.82) is 0 Å². The topological polar surface area (TPSA) is 72.5 Å². The predicted molar refractivity (Wildman–Crippen MR) is 78.8 cm³/mol. The van der Waals surface area contributed by atoms with Gasteiger partial charge < -0.3 is 10.1 Å². The summed E-state index contributed by atoms with van der Waals surface area (Å²) in [7, 11) is 2.88. The summed E-state index contributed by atoms with van der Waals surface area (Å²) in [6, 6.07) is 4.07. The van der Waals surface area contributed by atoms with E-state index in [-0.39, 0.29) is 10.8 Å². The number of hydrogen-bond donors (Lipinski definition) is 1. The third kappa shape index (κ3) is 5.02. The second kappa shape index (κ2) is 7.50. The zero-order valence-corrected chi connectivity index (χ0v) is 13.1. The number of nitrogens with one attached hydrogen (secondary N) is 1. The van der Waals surface area contributed by atoms with E-state index in [9.17, 15) is 13.2 Å². The normalized spacial score (nSPS) is 11.2. The molecule has 0 spiro atoms. The number of carbonyl (C=O) groups is 1. The van der Waals surface area contributed by atoms with E-state index in [1.54, 1.807) is 0 Å². The van der Waals surface area contributed by atoms with Gasteiger partial charge in [0, 0.05) is 17.1 Å². The number of methoxy groups -OCH3 is 1. The molecule has 0 radical (unpaired) electrons. The predicted octanol–water partition coefficient (Wildman–Crippen LogP) is 3.14. The molecule has 5 nitrogen and oxygen atoms in total. The number of anilines is 1. The van der Waals surface area contributed by atoms with Crippen molar-refractivity contribution >= 4 is 31.3 Å². The molecule has 0 heterocycles. The summed E-state index contributed by atoms with van der Waals surface area (Å²) in [6.07, 6.45) is 3.17. The van der Waals surface area contributed by atoms with Crippen molar-refractivity contribution in [3.8, 4) is 5.75 Å². The molecule has 0 aliphatic carbocycles. The van der Waals surface area contributed by atoms with Crippen LogP contribution >= 0.6 is 10.7 Å². The van der Waals surface area contributed by atoms with Gasteiger partial charge in [0.25, 0.3) is 9.05 Å². The summed E-state index contributed by atoms with van der Waals surface area (Å²) in [5.41, 5.74) is 0.302. The van der Waals surface area contributed by atoms with Gasteiger partial charge in [-0.25, -0.2) is 8.42 Å². The highest BCUT2D eigenvalue weighted by Gasteiger charge is 2.15. The molecule has 7 heteroatoms. The van der Waals surface area contributed by atoms with Gasteiger partial charge in [0.1, 0.15) is 5.75 Å². The Morgan fingerprint density at radius 3 is 2.60 bits per heavy atom. The van der Waals surface area contributed by atoms with Crippen molar-refractivity contribution in [3.05, 3.63) is 18.2 Å².